The van der Waals surface area contributed by atoms with Crippen molar-refractivity contribution < 1.29 is 18.0 Å². The van der Waals surface area contributed by atoms with Crippen molar-refractivity contribution in [3.63, 3.8) is 0 Å². The van der Waals surface area contributed by atoms with Crippen LogP contribution in [-0.2, 0) is 6.18 Å². The average Bonchev–Trinajstić information content (AvgIpc) is 3.20. The lowest BCUT2D eigenvalue weighted by molar-refractivity contribution is -0.138. The topological polar surface area (TPSA) is 32.3 Å². The molecule has 6 heteroatoms. The molecule has 1 N–H and O–H groups in total. The summed E-state index contributed by atoms with van der Waals surface area (Å²) in [6.07, 6.45) is 0.135. The first kappa shape index (κ1) is 16.3. The minimum Gasteiger partial charge on any atom is -0.331 e. The van der Waals surface area contributed by atoms with E-state index in [0.717, 1.165) is 44.7 Å². The van der Waals surface area contributed by atoms with Crippen molar-refractivity contribution >= 4 is 5.91 Å². The summed E-state index contributed by atoms with van der Waals surface area (Å²) in [5.74, 6) is -0.474. The van der Waals surface area contributed by atoms with Gasteiger partial charge in [0.2, 0.25) is 0 Å². The van der Waals surface area contributed by atoms with Crippen LogP contribution in [0.4, 0.5) is 13.2 Å². The zero-order valence-electron chi connectivity index (χ0n) is 12.9. The molecule has 1 aliphatic heterocycles. The predicted octanol–water partition coefficient (Wildman–Crippen LogP) is 3.45. The number of carbonyl (C=O) groups excluding carboxylic acids is 1. The van der Waals surface area contributed by atoms with E-state index in [1.54, 1.807) is 4.90 Å². The summed E-state index contributed by atoms with van der Waals surface area (Å²) < 4.78 is 39.7. The van der Waals surface area contributed by atoms with Gasteiger partial charge in [-0.2, -0.15) is 13.2 Å². The number of rotatable bonds is 3. The highest BCUT2D eigenvalue weighted by Crippen LogP contribution is 2.34. The molecule has 1 heterocycles. The zero-order valence-corrected chi connectivity index (χ0v) is 12.9. The van der Waals surface area contributed by atoms with Gasteiger partial charge in [0.1, 0.15) is 0 Å². The Bertz CT molecular complexity index is 545. The van der Waals surface area contributed by atoms with Gasteiger partial charge < -0.3 is 10.2 Å². The largest absolute Gasteiger partial charge is 0.417 e. The first-order valence-corrected chi connectivity index (χ1v) is 8.18. The van der Waals surface area contributed by atoms with Crippen molar-refractivity contribution in [2.45, 2.75) is 50.4 Å². The molecular formula is C17H21F3N2O. The van der Waals surface area contributed by atoms with Crippen molar-refractivity contribution in [2.75, 3.05) is 13.1 Å². The molecule has 126 valence electrons. The Morgan fingerprint density at radius 3 is 2.39 bits per heavy atom. The number of hydrogen-bond acceptors (Lipinski definition) is 2. The van der Waals surface area contributed by atoms with Crippen LogP contribution in [0.3, 0.4) is 0 Å². The third-order valence-electron chi connectivity index (χ3n) is 4.84. The van der Waals surface area contributed by atoms with Crippen LogP contribution in [0.5, 0.6) is 0 Å². The molecule has 0 unspecified atom stereocenters. The summed E-state index contributed by atoms with van der Waals surface area (Å²) in [5.41, 5.74) is -1.06. The molecule has 0 spiro atoms. The molecule has 1 atom stereocenters. The summed E-state index contributed by atoms with van der Waals surface area (Å²) in [5, 5.41) is 3.21. The Hall–Kier alpha value is -1.56. The fourth-order valence-electron chi connectivity index (χ4n) is 3.74. The van der Waals surface area contributed by atoms with E-state index >= 15 is 0 Å². The average molecular weight is 326 g/mol. The Morgan fingerprint density at radius 2 is 1.78 bits per heavy atom. The van der Waals surface area contributed by atoms with Crippen molar-refractivity contribution in [1.29, 1.82) is 0 Å². The lowest BCUT2D eigenvalue weighted by Gasteiger charge is -2.35. The van der Waals surface area contributed by atoms with Gasteiger partial charge in [0.15, 0.2) is 0 Å². The first-order valence-electron chi connectivity index (χ1n) is 8.18. The van der Waals surface area contributed by atoms with E-state index in [9.17, 15) is 18.0 Å². The Labute approximate surface area is 133 Å². The fourth-order valence-corrected chi connectivity index (χ4v) is 3.74. The Balaban J connectivity index is 1.95. The molecule has 1 aromatic carbocycles. The van der Waals surface area contributed by atoms with E-state index < -0.39 is 17.6 Å². The number of benzene rings is 1. The van der Waals surface area contributed by atoms with Crippen LogP contribution < -0.4 is 5.32 Å². The number of nitrogens with one attached hydrogen (secondary N) is 1. The maximum Gasteiger partial charge on any atom is 0.417 e. The second kappa shape index (κ2) is 6.51. The van der Waals surface area contributed by atoms with E-state index in [2.05, 4.69) is 5.32 Å². The first-order chi connectivity index (χ1) is 11.0. The predicted molar refractivity (Wildman–Crippen MR) is 81.1 cm³/mol. The van der Waals surface area contributed by atoms with Gasteiger partial charge >= 0.3 is 6.18 Å². The second-order valence-electron chi connectivity index (χ2n) is 6.34. The minimum atomic E-state index is -4.51. The van der Waals surface area contributed by atoms with Crippen LogP contribution >= 0.6 is 0 Å². The number of alkyl halides is 3. The summed E-state index contributed by atoms with van der Waals surface area (Å²) in [6.45, 7) is 1.47. The van der Waals surface area contributed by atoms with Crippen LogP contribution in [-0.4, -0.2) is 36.0 Å². The lowest BCUT2D eigenvalue weighted by Crippen LogP contribution is -2.47. The standard InChI is InChI=1S/C17H21F3N2O/c18-17(19,20)15-8-4-3-7-14(15)16(23)22(12-5-1-2-6-12)13-9-10-21-11-13/h3-4,7-8,12-13,21H,1-2,5-6,9-11H2/t13-/m1/s1. The fraction of sp³-hybridized carbons (Fsp3) is 0.588. The van der Waals surface area contributed by atoms with E-state index in [1.165, 1.54) is 18.2 Å². The number of amides is 1. The quantitative estimate of drug-likeness (QED) is 0.923. The van der Waals surface area contributed by atoms with E-state index in [1.807, 2.05) is 0 Å². The second-order valence-corrected chi connectivity index (χ2v) is 6.34. The van der Waals surface area contributed by atoms with E-state index in [0.29, 0.717) is 6.54 Å². The van der Waals surface area contributed by atoms with Crippen LogP contribution in [0.25, 0.3) is 0 Å². The molecule has 1 aromatic rings. The van der Waals surface area contributed by atoms with E-state index in [4.69, 9.17) is 0 Å². The maximum atomic E-state index is 13.2. The number of halogens is 3. The normalized spacial score (nSPS) is 22.5. The highest BCUT2D eigenvalue weighted by atomic mass is 19.4. The molecule has 0 radical (unpaired) electrons. The number of hydrogen-bond donors (Lipinski definition) is 1. The molecule has 1 amide bonds. The van der Waals surface area contributed by atoms with Gasteiger partial charge in [-0.25, -0.2) is 0 Å². The van der Waals surface area contributed by atoms with Crippen LogP contribution in [0.2, 0.25) is 0 Å². The van der Waals surface area contributed by atoms with Gasteiger partial charge in [-0.15, -0.1) is 0 Å². The van der Waals surface area contributed by atoms with Gasteiger partial charge in [-0.1, -0.05) is 25.0 Å². The van der Waals surface area contributed by atoms with Gasteiger partial charge in [0.05, 0.1) is 11.1 Å². The molecule has 0 bridgehead atoms. The third kappa shape index (κ3) is 3.37. The molecule has 23 heavy (non-hydrogen) atoms. The van der Waals surface area contributed by atoms with Crippen molar-refractivity contribution in [2.24, 2.45) is 0 Å². The molecule has 3 rings (SSSR count). The number of nitrogens with zero attached hydrogens (tertiary/aromatic N) is 1. The maximum absolute atomic E-state index is 13.2. The van der Waals surface area contributed by atoms with E-state index in [-0.39, 0.29) is 17.6 Å². The molecule has 2 fully saturated rings. The molecule has 0 aromatic heterocycles. The SMILES string of the molecule is O=C(c1ccccc1C(F)(F)F)N(C1CCCC1)[C@@H]1CCNC1. The molecule has 3 nitrogen and oxygen atoms in total. The Kier molecular flexibility index (Phi) is 4.62. The minimum absolute atomic E-state index is 0.00751. The summed E-state index contributed by atoms with van der Waals surface area (Å²) >= 11 is 0. The highest BCUT2D eigenvalue weighted by molar-refractivity contribution is 5.96. The Morgan fingerprint density at radius 1 is 1.09 bits per heavy atom. The highest BCUT2D eigenvalue weighted by Gasteiger charge is 2.39. The lowest BCUT2D eigenvalue weighted by atomic mass is 10.0. The monoisotopic (exact) mass is 326 g/mol. The van der Waals surface area contributed by atoms with Crippen LogP contribution in [0, 0.1) is 0 Å². The number of carbonyl (C=O) groups is 1. The van der Waals surface area contributed by atoms with Gasteiger partial charge in [-0.3, -0.25) is 4.79 Å². The van der Waals surface area contributed by atoms with Crippen molar-refractivity contribution in [1.82, 2.24) is 10.2 Å². The van der Waals surface area contributed by atoms with Gasteiger partial charge in [0, 0.05) is 18.6 Å². The third-order valence-corrected chi connectivity index (χ3v) is 4.84. The summed E-state index contributed by atoms with van der Waals surface area (Å²) in [7, 11) is 0. The van der Waals surface area contributed by atoms with Crippen LogP contribution in [0.1, 0.15) is 48.0 Å². The van der Waals surface area contributed by atoms with Crippen molar-refractivity contribution in [3.05, 3.63) is 35.4 Å². The van der Waals surface area contributed by atoms with Crippen molar-refractivity contribution in [3.8, 4) is 0 Å². The summed E-state index contributed by atoms with van der Waals surface area (Å²) in [4.78, 5) is 14.7. The molecule has 2 aliphatic rings. The molecule has 1 aliphatic carbocycles. The van der Waals surface area contributed by atoms with Crippen LogP contribution in [0.15, 0.2) is 24.3 Å². The zero-order chi connectivity index (χ0) is 16.4. The van der Waals surface area contributed by atoms with Gasteiger partial charge in [-0.05, 0) is 37.9 Å². The molecular weight excluding hydrogens is 305 g/mol. The van der Waals surface area contributed by atoms with Gasteiger partial charge in [0.25, 0.3) is 5.91 Å². The molecule has 1 saturated carbocycles. The smallest absolute Gasteiger partial charge is 0.331 e. The summed E-state index contributed by atoms with van der Waals surface area (Å²) in [6, 6.07) is 5.18. The molecule has 1 saturated heterocycles.